The number of anilines is 1. The van der Waals surface area contributed by atoms with Crippen LogP contribution < -0.4 is 5.32 Å². The van der Waals surface area contributed by atoms with E-state index < -0.39 is 0 Å². The summed E-state index contributed by atoms with van der Waals surface area (Å²) >= 11 is 0. The molecular formula is C22H22N4O3. The number of carbonyl (C=O) groups is 2. The molecule has 1 fully saturated rings. The van der Waals surface area contributed by atoms with Crippen molar-refractivity contribution in [3.63, 3.8) is 0 Å². The van der Waals surface area contributed by atoms with Gasteiger partial charge in [0.1, 0.15) is 0 Å². The van der Waals surface area contributed by atoms with Crippen LogP contribution in [0.5, 0.6) is 0 Å². The van der Waals surface area contributed by atoms with Crippen LogP contribution in [0, 0.1) is 6.92 Å². The first-order valence-corrected chi connectivity index (χ1v) is 9.64. The number of nitrogens with zero attached hydrogens (tertiary/aromatic N) is 3. The lowest BCUT2D eigenvalue weighted by Crippen LogP contribution is -2.27. The molecular weight excluding hydrogens is 368 g/mol. The molecule has 0 bridgehead atoms. The van der Waals surface area contributed by atoms with E-state index in [2.05, 4.69) is 15.5 Å². The van der Waals surface area contributed by atoms with E-state index in [1.54, 1.807) is 6.07 Å². The van der Waals surface area contributed by atoms with Gasteiger partial charge in [-0.15, -0.1) is 0 Å². The van der Waals surface area contributed by atoms with Gasteiger partial charge in [0.15, 0.2) is 0 Å². The number of aromatic nitrogens is 2. The van der Waals surface area contributed by atoms with Gasteiger partial charge >= 0.3 is 0 Å². The highest BCUT2D eigenvalue weighted by atomic mass is 16.5. The molecule has 0 unspecified atom stereocenters. The summed E-state index contributed by atoms with van der Waals surface area (Å²) in [6.07, 6.45) is 2.10. The largest absolute Gasteiger partial charge is 0.339 e. The highest BCUT2D eigenvalue weighted by molar-refractivity contribution is 5.95. The van der Waals surface area contributed by atoms with Crippen LogP contribution in [-0.2, 0) is 4.79 Å². The number of amides is 2. The Labute approximate surface area is 168 Å². The maximum Gasteiger partial charge on any atom is 0.258 e. The molecule has 1 saturated heterocycles. The van der Waals surface area contributed by atoms with E-state index >= 15 is 0 Å². The minimum atomic E-state index is -0.143. The summed E-state index contributed by atoms with van der Waals surface area (Å²) in [6.45, 7) is 4.96. The Hall–Kier alpha value is -3.48. The van der Waals surface area contributed by atoms with E-state index in [1.165, 1.54) is 6.92 Å². The first kappa shape index (κ1) is 18.9. The minimum Gasteiger partial charge on any atom is -0.339 e. The number of benzene rings is 2. The van der Waals surface area contributed by atoms with Gasteiger partial charge in [-0.05, 0) is 49.6 Å². The SMILES string of the molecule is CC(=O)Nc1cccc(-c2nc(-c3cccc(C(=O)N4CCCC4)c3)no2)c1C. The zero-order valence-corrected chi connectivity index (χ0v) is 16.4. The van der Waals surface area contributed by atoms with Crippen molar-refractivity contribution < 1.29 is 14.1 Å². The third-order valence-electron chi connectivity index (χ3n) is 5.06. The number of nitrogens with one attached hydrogen (secondary N) is 1. The zero-order chi connectivity index (χ0) is 20.4. The monoisotopic (exact) mass is 390 g/mol. The van der Waals surface area contributed by atoms with E-state index in [0.717, 1.165) is 42.6 Å². The maximum absolute atomic E-state index is 12.7. The second kappa shape index (κ2) is 7.87. The van der Waals surface area contributed by atoms with Crippen molar-refractivity contribution in [3.8, 4) is 22.8 Å². The smallest absolute Gasteiger partial charge is 0.258 e. The molecule has 7 heteroatoms. The summed E-state index contributed by atoms with van der Waals surface area (Å²) in [7, 11) is 0. The van der Waals surface area contributed by atoms with E-state index in [9.17, 15) is 9.59 Å². The molecule has 0 radical (unpaired) electrons. The van der Waals surface area contributed by atoms with Crippen molar-refractivity contribution in [3.05, 3.63) is 53.6 Å². The van der Waals surface area contributed by atoms with E-state index in [1.807, 2.05) is 48.2 Å². The molecule has 0 saturated carbocycles. The van der Waals surface area contributed by atoms with Crippen LogP contribution in [0.3, 0.4) is 0 Å². The van der Waals surface area contributed by atoms with Gasteiger partial charge in [-0.25, -0.2) is 0 Å². The van der Waals surface area contributed by atoms with Crippen LogP contribution in [0.25, 0.3) is 22.8 Å². The molecule has 0 spiro atoms. The summed E-state index contributed by atoms with van der Waals surface area (Å²) in [4.78, 5) is 30.4. The van der Waals surface area contributed by atoms with Gasteiger partial charge in [0.25, 0.3) is 11.8 Å². The van der Waals surface area contributed by atoms with Gasteiger partial charge in [-0.2, -0.15) is 4.98 Å². The molecule has 2 heterocycles. The Bertz CT molecular complexity index is 1070. The summed E-state index contributed by atoms with van der Waals surface area (Å²) in [5.74, 6) is 0.671. The van der Waals surface area contributed by atoms with Crippen molar-refractivity contribution in [2.45, 2.75) is 26.7 Å². The highest BCUT2D eigenvalue weighted by Gasteiger charge is 2.21. The molecule has 148 valence electrons. The fraction of sp³-hybridized carbons (Fsp3) is 0.273. The van der Waals surface area contributed by atoms with E-state index in [-0.39, 0.29) is 11.8 Å². The molecule has 1 aromatic heterocycles. The number of hydrogen-bond donors (Lipinski definition) is 1. The molecule has 2 aromatic carbocycles. The molecule has 2 amide bonds. The number of likely N-dealkylation sites (tertiary alicyclic amines) is 1. The molecule has 4 rings (SSSR count). The molecule has 1 N–H and O–H groups in total. The second-order valence-electron chi connectivity index (χ2n) is 7.16. The Morgan fingerprint density at radius 1 is 1.10 bits per heavy atom. The van der Waals surface area contributed by atoms with Crippen molar-refractivity contribution >= 4 is 17.5 Å². The lowest BCUT2D eigenvalue weighted by atomic mass is 10.1. The second-order valence-corrected chi connectivity index (χ2v) is 7.16. The number of hydrogen-bond acceptors (Lipinski definition) is 5. The quantitative estimate of drug-likeness (QED) is 0.730. The van der Waals surface area contributed by atoms with Gasteiger partial charge in [0.05, 0.1) is 0 Å². The predicted octanol–water partition coefficient (Wildman–Crippen LogP) is 3.91. The fourth-order valence-corrected chi connectivity index (χ4v) is 3.54. The molecule has 1 aliphatic rings. The Balaban J connectivity index is 1.62. The van der Waals surface area contributed by atoms with Gasteiger partial charge in [-0.1, -0.05) is 23.4 Å². The lowest BCUT2D eigenvalue weighted by molar-refractivity contribution is -0.114. The summed E-state index contributed by atoms with van der Waals surface area (Å²) < 4.78 is 5.48. The molecule has 29 heavy (non-hydrogen) atoms. The predicted molar refractivity (Wildman–Crippen MR) is 109 cm³/mol. The molecule has 0 aliphatic carbocycles. The van der Waals surface area contributed by atoms with Gasteiger partial charge in [-0.3, -0.25) is 9.59 Å². The van der Waals surface area contributed by atoms with Crippen molar-refractivity contribution in [1.29, 1.82) is 0 Å². The van der Waals surface area contributed by atoms with E-state index in [0.29, 0.717) is 23.0 Å². The van der Waals surface area contributed by atoms with Crippen LogP contribution in [0.1, 0.15) is 35.7 Å². The first-order chi connectivity index (χ1) is 14.0. The maximum atomic E-state index is 12.7. The average molecular weight is 390 g/mol. The lowest BCUT2D eigenvalue weighted by Gasteiger charge is -2.15. The van der Waals surface area contributed by atoms with Crippen LogP contribution in [-0.4, -0.2) is 39.9 Å². The fourth-order valence-electron chi connectivity index (χ4n) is 3.54. The third-order valence-corrected chi connectivity index (χ3v) is 5.06. The Morgan fingerprint density at radius 2 is 1.86 bits per heavy atom. The molecule has 0 atom stereocenters. The van der Waals surface area contributed by atoms with Gasteiger partial charge in [0, 0.05) is 42.4 Å². The van der Waals surface area contributed by atoms with Crippen molar-refractivity contribution in [1.82, 2.24) is 15.0 Å². The summed E-state index contributed by atoms with van der Waals surface area (Å²) in [6, 6.07) is 12.8. The normalized spacial score (nSPS) is 13.5. The van der Waals surface area contributed by atoms with Crippen LogP contribution >= 0.6 is 0 Å². The van der Waals surface area contributed by atoms with Gasteiger partial charge in [0.2, 0.25) is 11.7 Å². The molecule has 7 nitrogen and oxygen atoms in total. The van der Waals surface area contributed by atoms with Crippen LogP contribution in [0.4, 0.5) is 5.69 Å². The standard InChI is InChI=1S/C22H22N4O3/c1-14-18(9-6-10-19(14)23-15(2)27)21-24-20(25-29-21)16-7-5-8-17(13-16)22(28)26-11-3-4-12-26/h5-10,13H,3-4,11-12H2,1-2H3,(H,23,27). The van der Waals surface area contributed by atoms with Crippen molar-refractivity contribution in [2.24, 2.45) is 0 Å². The third kappa shape index (κ3) is 3.89. The topological polar surface area (TPSA) is 88.3 Å². The zero-order valence-electron chi connectivity index (χ0n) is 16.4. The first-order valence-electron chi connectivity index (χ1n) is 9.64. The Kier molecular flexibility index (Phi) is 5.12. The summed E-state index contributed by atoms with van der Waals surface area (Å²) in [5, 5.41) is 6.89. The van der Waals surface area contributed by atoms with Crippen molar-refractivity contribution in [2.75, 3.05) is 18.4 Å². The van der Waals surface area contributed by atoms with Crippen LogP contribution in [0.2, 0.25) is 0 Å². The molecule has 1 aliphatic heterocycles. The van der Waals surface area contributed by atoms with Gasteiger partial charge < -0.3 is 14.7 Å². The molecule has 3 aromatic rings. The average Bonchev–Trinajstić information content (AvgIpc) is 3.41. The summed E-state index contributed by atoms with van der Waals surface area (Å²) in [5.41, 5.74) is 3.64. The van der Waals surface area contributed by atoms with E-state index in [4.69, 9.17) is 4.52 Å². The minimum absolute atomic E-state index is 0.0342. The number of carbonyl (C=O) groups excluding carboxylic acids is 2. The highest BCUT2D eigenvalue weighted by Crippen LogP contribution is 2.29. The number of rotatable bonds is 4. The Morgan fingerprint density at radius 3 is 2.62 bits per heavy atom. The van der Waals surface area contributed by atoms with Crippen LogP contribution in [0.15, 0.2) is 47.0 Å².